The molecule has 0 heterocycles. The molecule has 0 aliphatic heterocycles. The lowest BCUT2D eigenvalue weighted by molar-refractivity contribution is -0.151. The van der Waals surface area contributed by atoms with Gasteiger partial charge in [0.2, 0.25) is 0 Å². The number of carboxylic acids is 1. The van der Waals surface area contributed by atoms with Crippen LogP contribution in [0.3, 0.4) is 0 Å². The molecule has 0 aromatic heterocycles. The van der Waals surface area contributed by atoms with E-state index in [-0.39, 0.29) is 6.42 Å². The van der Waals surface area contributed by atoms with Crippen molar-refractivity contribution in [3.63, 3.8) is 0 Å². The predicted molar refractivity (Wildman–Crippen MR) is 58.1 cm³/mol. The second kappa shape index (κ2) is 4.79. The summed E-state index contributed by atoms with van der Waals surface area (Å²) in [6.07, 6.45) is -0.178. The predicted octanol–water partition coefficient (Wildman–Crippen LogP) is 1.59. The van der Waals surface area contributed by atoms with E-state index < -0.39 is 17.4 Å². The Labute approximate surface area is 93.9 Å². The van der Waals surface area contributed by atoms with Gasteiger partial charge in [-0.3, -0.25) is 9.59 Å². The van der Waals surface area contributed by atoms with Crippen molar-refractivity contribution in [2.45, 2.75) is 18.8 Å². The van der Waals surface area contributed by atoms with E-state index in [4.69, 9.17) is 0 Å². The van der Waals surface area contributed by atoms with Crippen LogP contribution in [0.25, 0.3) is 0 Å². The second-order valence-electron chi connectivity index (χ2n) is 3.76. The number of benzene rings is 1. The van der Waals surface area contributed by atoms with Crippen LogP contribution >= 0.6 is 0 Å². The van der Waals surface area contributed by atoms with Gasteiger partial charge in [0.05, 0.1) is 13.5 Å². The van der Waals surface area contributed by atoms with Gasteiger partial charge in [0.1, 0.15) is 5.41 Å². The number of carboxylic acid groups (broad SMARTS) is 1. The molecule has 0 aliphatic rings. The van der Waals surface area contributed by atoms with Crippen LogP contribution in [0.5, 0.6) is 0 Å². The number of carbonyl (C=O) groups is 2. The first-order valence-electron chi connectivity index (χ1n) is 4.86. The number of carbonyl (C=O) groups excluding carboxylic acids is 1. The maximum Gasteiger partial charge on any atom is 0.314 e. The highest BCUT2D eigenvalue weighted by atomic mass is 16.5. The fourth-order valence-corrected chi connectivity index (χ4v) is 1.47. The highest BCUT2D eigenvalue weighted by molar-refractivity contribution is 5.87. The summed E-state index contributed by atoms with van der Waals surface area (Å²) < 4.78 is 4.52. The summed E-state index contributed by atoms with van der Waals surface area (Å²) in [5.74, 6) is -1.57. The van der Waals surface area contributed by atoms with Gasteiger partial charge < -0.3 is 9.84 Å². The van der Waals surface area contributed by atoms with Gasteiger partial charge in [0.15, 0.2) is 0 Å². The molecule has 1 atom stereocenters. The van der Waals surface area contributed by atoms with Crippen molar-refractivity contribution >= 4 is 11.9 Å². The van der Waals surface area contributed by atoms with Gasteiger partial charge >= 0.3 is 11.9 Å². The Hall–Kier alpha value is -1.84. The largest absolute Gasteiger partial charge is 0.481 e. The number of esters is 1. The SMILES string of the molecule is COC(=O)CC(C)(C(=O)O)c1ccccc1. The zero-order valence-corrected chi connectivity index (χ0v) is 9.27. The molecule has 0 fully saturated rings. The smallest absolute Gasteiger partial charge is 0.314 e. The minimum Gasteiger partial charge on any atom is -0.481 e. The molecule has 1 aromatic carbocycles. The molecule has 0 saturated carbocycles. The van der Waals surface area contributed by atoms with E-state index in [0.717, 1.165) is 0 Å². The summed E-state index contributed by atoms with van der Waals surface area (Å²) in [6, 6.07) is 8.67. The number of ether oxygens (including phenoxy) is 1. The Bertz CT molecular complexity index is 385. The molecule has 0 spiro atoms. The summed E-state index contributed by atoms with van der Waals surface area (Å²) >= 11 is 0. The lowest BCUT2D eigenvalue weighted by Crippen LogP contribution is -2.35. The number of hydrogen-bond donors (Lipinski definition) is 1. The molecule has 4 heteroatoms. The van der Waals surface area contributed by atoms with Crippen molar-refractivity contribution in [2.24, 2.45) is 0 Å². The molecule has 4 nitrogen and oxygen atoms in total. The summed E-state index contributed by atoms with van der Waals surface area (Å²) in [6.45, 7) is 1.52. The molecule has 16 heavy (non-hydrogen) atoms. The van der Waals surface area contributed by atoms with Crippen LogP contribution in [0, 0.1) is 0 Å². The number of rotatable bonds is 4. The van der Waals surface area contributed by atoms with Crippen molar-refractivity contribution in [1.82, 2.24) is 0 Å². The molecule has 0 radical (unpaired) electrons. The van der Waals surface area contributed by atoms with E-state index in [1.807, 2.05) is 0 Å². The molecule has 0 saturated heterocycles. The van der Waals surface area contributed by atoms with Crippen LogP contribution in [0.1, 0.15) is 18.9 Å². The average molecular weight is 222 g/mol. The summed E-state index contributed by atoms with van der Waals surface area (Å²) in [5.41, 5.74) is -0.651. The van der Waals surface area contributed by atoms with Gasteiger partial charge in [0, 0.05) is 0 Å². The van der Waals surface area contributed by atoms with Gasteiger partial charge in [-0.15, -0.1) is 0 Å². The second-order valence-corrected chi connectivity index (χ2v) is 3.76. The van der Waals surface area contributed by atoms with Crippen molar-refractivity contribution in [3.8, 4) is 0 Å². The standard InChI is InChI=1S/C12H14O4/c1-12(11(14)15,8-10(13)16-2)9-6-4-3-5-7-9/h3-7H,8H2,1-2H3,(H,14,15). The minimum atomic E-state index is -1.24. The summed E-state index contributed by atoms with van der Waals surface area (Å²) in [4.78, 5) is 22.5. The summed E-state index contributed by atoms with van der Waals surface area (Å²) in [5, 5.41) is 9.22. The third-order valence-electron chi connectivity index (χ3n) is 2.61. The highest BCUT2D eigenvalue weighted by Crippen LogP contribution is 2.28. The maximum absolute atomic E-state index is 11.3. The molecule has 1 aromatic rings. The number of hydrogen-bond acceptors (Lipinski definition) is 3. The van der Waals surface area contributed by atoms with Crippen molar-refractivity contribution in [2.75, 3.05) is 7.11 Å². The molecule has 0 amide bonds. The van der Waals surface area contributed by atoms with Gasteiger partial charge in [-0.1, -0.05) is 30.3 Å². The zero-order valence-electron chi connectivity index (χ0n) is 9.27. The first-order chi connectivity index (χ1) is 7.50. The Morgan fingerprint density at radius 2 is 1.88 bits per heavy atom. The van der Waals surface area contributed by atoms with Crippen LogP contribution in [-0.2, 0) is 19.7 Å². The van der Waals surface area contributed by atoms with Crippen LogP contribution in [-0.4, -0.2) is 24.2 Å². The maximum atomic E-state index is 11.3. The Kier molecular flexibility index (Phi) is 3.66. The highest BCUT2D eigenvalue weighted by Gasteiger charge is 2.37. The average Bonchev–Trinajstić information content (AvgIpc) is 2.29. The lowest BCUT2D eigenvalue weighted by atomic mass is 9.79. The normalized spacial score (nSPS) is 13.9. The first kappa shape index (κ1) is 12.2. The van der Waals surface area contributed by atoms with Gasteiger partial charge in [-0.25, -0.2) is 0 Å². The third-order valence-corrected chi connectivity index (χ3v) is 2.61. The minimum absolute atomic E-state index is 0.178. The van der Waals surface area contributed by atoms with Gasteiger partial charge in [0.25, 0.3) is 0 Å². The topological polar surface area (TPSA) is 63.6 Å². The van der Waals surface area contributed by atoms with Crippen molar-refractivity contribution in [1.29, 1.82) is 0 Å². The number of aliphatic carboxylic acids is 1. The first-order valence-corrected chi connectivity index (χ1v) is 4.86. The molecule has 0 bridgehead atoms. The lowest BCUT2D eigenvalue weighted by Gasteiger charge is -2.23. The molecule has 1 unspecified atom stereocenters. The van der Waals surface area contributed by atoms with E-state index >= 15 is 0 Å². The van der Waals surface area contributed by atoms with E-state index in [1.54, 1.807) is 30.3 Å². The quantitative estimate of drug-likeness (QED) is 0.786. The molecular weight excluding hydrogens is 208 g/mol. The monoisotopic (exact) mass is 222 g/mol. The fourth-order valence-electron chi connectivity index (χ4n) is 1.47. The molecule has 1 N–H and O–H groups in total. The van der Waals surface area contributed by atoms with E-state index in [1.165, 1.54) is 14.0 Å². The number of methoxy groups -OCH3 is 1. The van der Waals surface area contributed by atoms with Crippen LogP contribution in [0.4, 0.5) is 0 Å². The molecular formula is C12H14O4. The molecule has 0 aliphatic carbocycles. The van der Waals surface area contributed by atoms with E-state index in [9.17, 15) is 14.7 Å². The third kappa shape index (κ3) is 2.39. The Morgan fingerprint density at radius 1 is 1.31 bits per heavy atom. The van der Waals surface area contributed by atoms with Gasteiger partial charge in [-0.05, 0) is 12.5 Å². The van der Waals surface area contributed by atoms with Crippen LogP contribution in [0.2, 0.25) is 0 Å². The zero-order chi connectivity index (χ0) is 12.2. The summed E-state index contributed by atoms with van der Waals surface area (Å²) in [7, 11) is 1.25. The fraction of sp³-hybridized carbons (Fsp3) is 0.333. The van der Waals surface area contributed by atoms with E-state index in [0.29, 0.717) is 5.56 Å². The van der Waals surface area contributed by atoms with Crippen molar-refractivity contribution in [3.05, 3.63) is 35.9 Å². The van der Waals surface area contributed by atoms with Crippen LogP contribution in [0.15, 0.2) is 30.3 Å². The van der Waals surface area contributed by atoms with Gasteiger partial charge in [-0.2, -0.15) is 0 Å². The van der Waals surface area contributed by atoms with Crippen molar-refractivity contribution < 1.29 is 19.4 Å². The van der Waals surface area contributed by atoms with Crippen LogP contribution < -0.4 is 0 Å². The molecule has 1 rings (SSSR count). The molecule has 86 valence electrons. The van der Waals surface area contributed by atoms with E-state index in [2.05, 4.69) is 4.74 Å². The Morgan fingerprint density at radius 3 is 2.31 bits per heavy atom. The Balaban J connectivity index is 3.07.